The number of rotatable bonds is 1. The van der Waals surface area contributed by atoms with Gasteiger partial charge < -0.3 is 5.11 Å². The Hall–Kier alpha value is -2.08. The van der Waals surface area contributed by atoms with Crippen LogP contribution in [0.3, 0.4) is 0 Å². The Labute approximate surface area is 132 Å². The molecule has 0 spiro atoms. The molecule has 2 nitrogen and oxygen atoms in total. The first-order valence-corrected chi connectivity index (χ1v) is 7.11. The molecule has 0 bridgehead atoms. The molecule has 6 heteroatoms. The monoisotopic (exact) mass is 367 g/mol. The molecule has 0 radical (unpaired) electrons. The van der Waals surface area contributed by atoms with E-state index < -0.39 is 11.7 Å². The molecule has 22 heavy (non-hydrogen) atoms. The number of pyridine rings is 1. The van der Waals surface area contributed by atoms with E-state index in [1.54, 1.807) is 12.1 Å². The molecule has 0 fully saturated rings. The highest BCUT2D eigenvalue weighted by atomic mass is 79.9. The van der Waals surface area contributed by atoms with Crippen molar-refractivity contribution in [2.45, 2.75) is 6.18 Å². The minimum Gasteiger partial charge on any atom is -0.493 e. The summed E-state index contributed by atoms with van der Waals surface area (Å²) < 4.78 is 38.7. The summed E-state index contributed by atoms with van der Waals surface area (Å²) in [5.74, 6) is -0.180. The second kappa shape index (κ2) is 5.28. The summed E-state index contributed by atoms with van der Waals surface area (Å²) in [7, 11) is 0. The summed E-state index contributed by atoms with van der Waals surface area (Å²) in [6, 6.07) is 11.6. The van der Waals surface area contributed by atoms with E-state index in [1.807, 2.05) is 6.07 Å². The van der Waals surface area contributed by atoms with Gasteiger partial charge in [0, 0.05) is 15.9 Å². The lowest BCUT2D eigenvalue weighted by molar-refractivity contribution is -0.137. The van der Waals surface area contributed by atoms with Gasteiger partial charge in [0.25, 0.3) is 0 Å². The predicted molar refractivity (Wildman–Crippen MR) is 81.5 cm³/mol. The second-order valence-corrected chi connectivity index (χ2v) is 5.68. The summed E-state index contributed by atoms with van der Waals surface area (Å²) in [6.07, 6.45) is -4.37. The van der Waals surface area contributed by atoms with E-state index in [0.29, 0.717) is 16.6 Å². The molecule has 3 aromatic rings. The van der Waals surface area contributed by atoms with Crippen molar-refractivity contribution in [2.24, 2.45) is 0 Å². The van der Waals surface area contributed by atoms with Gasteiger partial charge in [0.15, 0.2) is 0 Å². The fourth-order valence-corrected chi connectivity index (χ4v) is 2.61. The lowest BCUT2D eigenvalue weighted by atomic mass is 10.00. The quantitative estimate of drug-likeness (QED) is 0.625. The van der Waals surface area contributed by atoms with Crippen LogP contribution in [0.25, 0.3) is 22.0 Å². The van der Waals surface area contributed by atoms with Crippen LogP contribution >= 0.6 is 15.9 Å². The number of nitrogens with zero attached hydrogens (tertiary/aromatic N) is 1. The molecular formula is C16H9BrF3NO. The van der Waals surface area contributed by atoms with E-state index in [9.17, 15) is 18.3 Å². The fraction of sp³-hybridized carbons (Fsp3) is 0.0625. The van der Waals surface area contributed by atoms with Crippen LogP contribution in [0, 0.1) is 0 Å². The van der Waals surface area contributed by atoms with Crippen molar-refractivity contribution in [2.75, 3.05) is 0 Å². The first-order valence-electron chi connectivity index (χ1n) is 6.31. The van der Waals surface area contributed by atoms with Gasteiger partial charge in [-0.2, -0.15) is 13.2 Å². The van der Waals surface area contributed by atoms with E-state index in [4.69, 9.17) is 0 Å². The molecule has 1 heterocycles. The molecule has 2 aromatic carbocycles. The third kappa shape index (κ3) is 2.78. The summed E-state index contributed by atoms with van der Waals surface area (Å²) in [4.78, 5) is 4.03. The third-order valence-corrected chi connectivity index (χ3v) is 3.77. The van der Waals surface area contributed by atoms with Crippen molar-refractivity contribution in [3.63, 3.8) is 0 Å². The Kier molecular flexibility index (Phi) is 3.56. The predicted octanol–water partition coefficient (Wildman–Crippen LogP) is 5.39. The average Bonchev–Trinajstić information content (AvgIpc) is 2.45. The number of hydrogen-bond donors (Lipinski definition) is 1. The lowest BCUT2D eigenvalue weighted by Crippen LogP contribution is -2.04. The standard InChI is InChI=1S/C16H9BrF3NO/c17-11-5-6-12-13(8-15(22)21-14(12)7-11)9-1-3-10(4-2-9)16(18,19)20/h1-8H,(H,21,22). The summed E-state index contributed by atoms with van der Waals surface area (Å²) in [6.45, 7) is 0. The number of aromatic hydroxyl groups is 1. The second-order valence-electron chi connectivity index (χ2n) is 4.76. The number of halogens is 4. The van der Waals surface area contributed by atoms with E-state index in [1.165, 1.54) is 18.2 Å². The van der Waals surface area contributed by atoms with Crippen LogP contribution < -0.4 is 0 Å². The van der Waals surface area contributed by atoms with E-state index in [2.05, 4.69) is 20.9 Å². The van der Waals surface area contributed by atoms with Gasteiger partial charge in [-0.15, -0.1) is 0 Å². The molecule has 1 aromatic heterocycles. The van der Waals surface area contributed by atoms with Gasteiger partial charge in [-0.25, -0.2) is 4.98 Å². The van der Waals surface area contributed by atoms with Crippen LogP contribution in [0.15, 0.2) is 53.0 Å². The highest BCUT2D eigenvalue weighted by molar-refractivity contribution is 9.10. The maximum Gasteiger partial charge on any atom is 0.416 e. The maximum atomic E-state index is 12.6. The Morgan fingerprint density at radius 2 is 1.64 bits per heavy atom. The summed E-state index contributed by atoms with van der Waals surface area (Å²) >= 11 is 3.32. The largest absolute Gasteiger partial charge is 0.493 e. The average molecular weight is 368 g/mol. The Morgan fingerprint density at radius 3 is 2.27 bits per heavy atom. The number of hydrogen-bond acceptors (Lipinski definition) is 2. The van der Waals surface area contributed by atoms with Gasteiger partial charge in [0.2, 0.25) is 5.88 Å². The van der Waals surface area contributed by atoms with Gasteiger partial charge >= 0.3 is 6.18 Å². The zero-order chi connectivity index (χ0) is 15.9. The third-order valence-electron chi connectivity index (χ3n) is 3.28. The molecule has 1 N–H and O–H groups in total. The molecule has 0 aliphatic heterocycles. The number of aromatic nitrogens is 1. The highest BCUT2D eigenvalue weighted by Gasteiger charge is 2.30. The molecule has 0 amide bonds. The fourth-order valence-electron chi connectivity index (χ4n) is 2.27. The minimum absolute atomic E-state index is 0.180. The van der Waals surface area contributed by atoms with Crippen LogP contribution in [0.1, 0.15) is 5.56 Å². The number of benzene rings is 2. The van der Waals surface area contributed by atoms with Crippen molar-refractivity contribution in [3.05, 3.63) is 58.6 Å². The van der Waals surface area contributed by atoms with Crippen LogP contribution in [-0.4, -0.2) is 10.1 Å². The Balaban J connectivity index is 2.17. The molecule has 0 saturated carbocycles. The van der Waals surface area contributed by atoms with Gasteiger partial charge in [-0.3, -0.25) is 0 Å². The van der Waals surface area contributed by atoms with Gasteiger partial charge in [-0.05, 0) is 35.4 Å². The Bertz CT molecular complexity index is 839. The molecule has 0 saturated heterocycles. The van der Waals surface area contributed by atoms with Crippen molar-refractivity contribution in [1.29, 1.82) is 0 Å². The summed E-state index contributed by atoms with van der Waals surface area (Å²) in [5.41, 5.74) is 1.06. The Morgan fingerprint density at radius 1 is 0.955 bits per heavy atom. The van der Waals surface area contributed by atoms with Crippen molar-refractivity contribution < 1.29 is 18.3 Å². The number of alkyl halides is 3. The minimum atomic E-state index is -4.37. The molecule has 0 atom stereocenters. The molecule has 0 unspecified atom stereocenters. The van der Waals surface area contributed by atoms with Crippen LogP contribution in [0.4, 0.5) is 13.2 Å². The number of fused-ring (bicyclic) bond motifs is 1. The first kappa shape index (κ1) is 14.8. The van der Waals surface area contributed by atoms with Crippen LogP contribution in [0.2, 0.25) is 0 Å². The van der Waals surface area contributed by atoms with Crippen molar-refractivity contribution in [1.82, 2.24) is 4.98 Å². The van der Waals surface area contributed by atoms with Crippen molar-refractivity contribution in [3.8, 4) is 17.0 Å². The van der Waals surface area contributed by atoms with Crippen molar-refractivity contribution >= 4 is 26.8 Å². The van der Waals surface area contributed by atoms with Gasteiger partial charge in [0.05, 0.1) is 11.1 Å². The van der Waals surface area contributed by atoms with E-state index in [0.717, 1.165) is 22.0 Å². The molecule has 0 aliphatic rings. The normalized spacial score (nSPS) is 11.8. The topological polar surface area (TPSA) is 33.1 Å². The zero-order valence-electron chi connectivity index (χ0n) is 11.0. The van der Waals surface area contributed by atoms with Gasteiger partial charge in [0.1, 0.15) is 0 Å². The molecule has 0 aliphatic carbocycles. The van der Waals surface area contributed by atoms with E-state index >= 15 is 0 Å². The zero-order valence-corrected chi connectivity index (χ0v) is 12.6. The van der Waals surface area contributed by atoms with E-state index in [-0.39, 0.29) is 5.88 Å². The molecular weight excluding hydrogens is 359 g/mol. The summed E-state index contributed by atoms with van der Waals surface area (Å²) in [5, 5.41) is 10.5. The first-order chi connectivity index (χ1) is 10.3. The van der Waals surface area contributed by atoms with Crippen LogP contribution in [-0.2, 0) is 6.18 Å². The molecule has 112 valence electrons. The SMILES string of the molecule is Oc1cc(-c2ccc(C(F)(F)F)cc2)c2ccc(Br)cc2n1. The molecule has 3 rings (SSSR count). The highest BCUT2D eigenvalue weighted by Crippen LogP contribution is 2.34. The lowest BCUT2D eigenvalue weighted by Gasteiger charge is -2.10. The smallest absolute Gasteiger partial charge is 0.416 e. The maximum absolute atomic E-state index is 12.6. The van der Waals surface area contributed by atoms with Crippen LogP contribution in [0.5, 0.6) is 5.88 Å². The van der Waals surface area contributed by atoms with Gasteiger partial charge in [-0.1, -0.05) is 34.1 Å².